The monoisotopic (exact) mass is 533 g/mol. The van der Waals surface area contributed by atoms with Crippen LogP contribution in [0.4, 0.5) is 0 Å². The number of aromatic nitrogens is 2. The van der Waals surface area contributed by atoms with Gasteiger partial charge in [-0.05, 0) is 17.5 Å². The third-order valence-corrected chi connectivity index (χ3v) is 4.86. The first-order valence-electron chi connectivity index (χ1n) is 10.3. The Labute approximate surface area is 202 Å². The van der Waals surface area contributed by atoms with Crippen molar-refractivity contribution in [3.8, 4) is 0 Å². The number of benzene rings is 2. The SMILES string of the molecule is CN=C(NCc1noc(C(C)(C)C)n1)NCC(Cc1ccccc1)c1ccccc1.I. The summed E-state index contributed by atoms with van der Waals surface area (Å²) in [6.07, 6.45) is 0.953. The fourth-order valence-corrected chi connectivity index (χ4v) is 3.17. The van der Waals surface area contributed by atoms with Crippen LogP contribution >= 0.6 is 24.0 Å². The minimum atomic E-state index is -0.161. The van der Waals surface area contributed by atoms with Gasteiger partial charge in [0.15, 0.2) is 11.8 Å². The molecule has 0 spiro atoms. The van der Waals surface area contributed by atoms with Gasteiger partial charge in [0.2, 0.25) is 5.89 Å². The summed E-state index contributed by atoms with van der Waals surface area (Å²) >= 11 is 0. The molecule has 1 unspecified atom stereocenters. The van der Waals surface area contributed by atoms with E-state index in [0.717, 1.165) is 13.0 Å². The molecule has 1 atom stereocenters. The van der Waals surface area contributed by atoms with Crippen molar-refractivity contribution in [2.75, 3.05) is 13.6 Å². The first-order chi connectivity index (χ1) is 14.5. The van der Waals surface area contributed by atoms with E-state index in [1.165, 1.54) is 11.1 Å². The maximum atomic E-state index is 5.36. The second-order valence-electron chi connectivity index (χ2n) is 8.37. The van der Waals surface area contributed by atoms with Crippen molar-refractivity contribution in [1.82, 2.24) is 20.8 Å². The van der Waals surface area contributed by atoms with Gasteiger partial charge in [-0.1, -0.05) is 86.6 Å². The molecule has 0 aliphatic rings. The molecule has 1 heterocycles. The molecule has 0 saturated carbocycles. The molecule has 0 bridgehead atoms. The second kappa shape index (κ2) is 11.8. The summed E-state index contributed by atoms with van der Waals surface area (Å²) in [6.45, 7) is 7.37. The van der Waals surface area contributed by atoms with Crippen molar-refractivity contribution in [3.05, 3.63) is 83.5 Å². The molecule has 0 saturated heterocycles. The molecule has 3 rings (SSSR count). The normalized spacial score (nSPS) is 12.7. The van der Waals surface area contributed by atoms with Crippen molar-refractivity contribution in [1.29, 1.82) is 0 Å². The predicted octanol–water partition coefficient (Wildman–Crippen LogP) is 4.68. The zero-order valence-electron chi connectivity index (χ0n) is 18.6. The Morgan fingerprint density at radius 1 is 1.00 bits per heavy atom. The van der Waals surface area contributed by atoms with Crippen LogP contribution in [0.2, 0.25) is 0 Å². The van der Waals surface area contributed by atoms with Crippen LogP contribution < -0.4 is 10.6 Å². The van der Waals surface area contributed by atoms with Gasteiger partial charge in [-0.3, -0.25) is 4.99 Å². The molecular formula is C24H32IN5O. The molecule has 0 amide bonds. The van der Waals surface area contributed by atoms with E-state index in [1.54, 1.807) is 7.05 Å². The predicted molar refractivity (Wildman–Crippen MR) is 136 cm³/mol. The first-order valence-corrected chi connectivity index (χ1v) is 10.3. The molecule has 3 aromatic rings. The Hall–Kier alpha value is -2.42. The highest BCUT2D eigenvalue weighted by atomic mass is 127. The fourth-order valence-electron chi connectivity index (χ4n) is 3.17. The fraction of sp³-hybridized carbons (Fsp3) is 0.375. The highest BCUT2D eigenvalue weighted by molar-refractivity contribution is 14.0. The van der Waals surface area contributed by atoms with Crippen molar-refractivity contribution in [3.63, 3.8) is 0 Å². The topological polar surface area (TPSA) is 75.3 Å². The number of halogens is 1. The summed E-state index contributed by atoms with van der Waals surface area (Å²) in [5, 5.41) is 10.8. The average Bonchev–Trinajstić information content (AvgIpc) is 3.24. The lowest BCUT2D eigenvalue weighted by Crippen LogP contribution is -2.39. The van der Waals surface area contributed by atoms with Crippen LogP contribution in [0.25, 0.3) is 0 Å². The van der Waals surface area contributed by atoms with E-state index in [4.69, 9.17) is 4.52 Å². The molecule has 6 nitrogen and oxygen atoms in total. The molecule has 2 N–H and O–H groups in total. The second-order valence-corrected chi connectivity index (χ2v) is 8.37. The summed E-state index contributed by atoms with van der Waals surface area (Å²) in [5.41, 5.74) is 2.46. The number of aliphatic imine (C=N–C) groups is 1. The van der Waals surface area contributed by atoms with Crippen LogP contribution in [0.3, 0.4) is 0 Å². The van der Waals surface area contributed by atoms with Gasteiger partial charge in [-0.2, -0.15) is 4.98 Å². The standard InChI is InChI=1S/C24H31N5O.HI/c1-24(2,3)22-28-21(29-30-22)17-27-23(25-4)26-16-20(19-13-9-6-10-14-19)15-18-11-7-5-8-12-18;/h5-14,20H,15-17H2,1-4H3,(H2,25,26,27);1H. The van der Waals surface area contributed by atoms with E-state index >= 15 is 0 Å². The Balaban J connectivity index is 0.00000341. The minimum absolute atomic E-state index is 0. The van der Waals surface area contributed by atoms with E-state index < -0.39 is 0 Å². The zero-order valence-corrected chi connectivity index (χ0v) is 21.0. The molecule has 1 aromatic heterocycles. The largest absolute Gasteiger partial charge is 0.356 e. The lowest BCUT2D eigenvalue weighted by molar-refractivity contribution is 0.318. The highest BCUT2D eigenvalue weighted by Crippen LogP contribution is 2.21. The van der Waals surface area contributed by atoms with Crippen LogP contribution in [-0.2, 0) is 18.4 Å². The molecule has 7 heteroatoms. The summed E-state index contributed by atoms with van der Waals surface area (Å²) < 4.78 is 5.36. The zero-order chi connectivity index (χ0) is 21.4. The van der Waals surface area contributed by atoms with Gasteiger partial charge in [0.25, 0.3) is 0 Å². The lowest BCUT2D eigenvalue weighted by atomic mass is 9.92. The summed E-state index contributed by atoms with van der Waals surface area (Å²) in [5.74, 6) is 2.29. The van der Waals surface area contributed by atoms with Crippen LogP contribution in [-0.4, -0.2) is 29.7 Å². The summed E-state index contributed by atoms with van der Waals surface area (Å²) in [7, 11) is 1.76. The van der Waals surface area contributed by atoms with Crippen molar-refractivity contribution >= 4 is 29.9 Å². The van der Waals surface area contributed by atoms with Crippen LogP contribution in [0.15, 0.2) is 70.2 Å². The van der Waals surface area contributed by atoms with Crippen LogP contribution in [0.1, 0.15) is 49.5 Å². The molecule has 2 aromatic carbocycles. The Morgan fingerprint density at radius 2 is 1.65 bits per heavy atom. The Morgan fingerprint density at radius 3 is 2.23 bits per heavy atom. The van der Waals surface area contributed by atoms with Crippen molar-refractivity contribution in [2.45, 2.75) is 45.1 Å². The van der Waals surface area contributed by atoms with Gasteiger partial charge in [0.05, 0.1) is 6.54 Å². The third-order valence-electron chi connectivity index (χ3n) is 4.86. The number of hydrogen-bond donors (Lipinski definition) is 2. The highest BCUT2D eigenvalue weighted by Gasteiger charge is 2.21. The van der Waals surface area contributed by atoms with Crippen LogP contribution in [0, 0.1) is 0 Å². The van der Waals surface area contributed by atoms with E-state index in [-0.39, 0.29) is 29.4 Å². The lowest BCUT2D eigenvalue weighted by Gasteiger charge is -2.20. The molecule has 0 aliphatic carbocycles. The van der Waals surface area contributed by atoms with E-state index in [0.29, 0.717) is 30.1 Å². The van der Waals surface area contributed by atoms with E-state index in [9.17, 15) is 0 Å². The number of nitrogens with zero attached hydrogens (tertiary/aromatic N) is 3. The average molecular weight is 533 g/mol. The Bertz CT molecular complexity index is 935. The van der Waals surface area contributed by atoms with Gasteiger partial charge < -0.3 is 15.2 Å². The number of rotatable bonds is 7. The van der Waals surface area contributed by atoms with Gasteiger partial charge in [-0.15, -0.1) is 24.0 Å². The van der Waals surface area contributed by atoms with Gasteiger partial charge in [0.1, 0.15) is 0 Å². The molecule has 31 heavy (non-hydrogen) atoms. The van der Waals surface area contributed by atoms with Crippen molar-refractivity contribution in [2.24, 2.45) is 4.99 Å². The maximum Gasteiger partial charge on any atom is 0.232 e. The van der Waals surface area contributed by atoms with E-state index in [1.807, 2.05) is 12.1 Å². The molecule has 0 fully saturated rings. The van der Waals surface area contributed by atoms with E-state index in [2.05, 4.69) is 95.1 Å². The number of guanidine groups is 1. The first kappa shape index (κ1) is 24.8. The number of hydrogen-bond acceptors (Lipinski definition) is 4. The molecule has 166 valence electrons. The summed E-state index contributed by atoms with van der Waals surface area (Å²) in [4.78, 5) is 8.80. The van der Waals surface area contributed by atoms with Gasteiger partial charge in [-0.25, -0.2) is 0 Å². The van der Waals surface area contributed by atoms with Gasteiger partial charge >= 0.3 is 0 Å². The van der Waals surface area contributed by atoms with Crippen molar-refractivity contribution < 1.29 is 4.52 Å². The maximum absolute atomic E-state index is 5.36. The van der Waals surface area contributed by atoms with Crippen LogP contribution in [0.5, 0.6) is 0 Å². The molecule has 0 radical (unpaired) electrons. The smallest absolute Gasteiger partial charge is 0.232 e. The minimum Gasteiger partial charge on any atom is -0.356 e. The summed E-state index contributed by atoms with van der Waals surface area (Å²) in [6, 6.07) is 21.1. The number of nitrogens with one attached hydrogen (secondary N) is 2. The molecular weight excluding hydrogens is 501 g/mol. The third kappa shape index (κ3) is 7.65. The molecule has 0 aliphatic heterocycles. The quantitative estimate of drug-likeness (QED) is 0.262. The Kier molecular flexibility index (Phi) is 9.48. The van der Waals surface area contributed by atoms with Gasteiger partial charge in [0, 0.05) is 24.9 Å².